The molecule has 4 aliphatic carbocycles. The number of Topliss-reactive ketones (excluding diaryl/α,β-unsaturated/α-hetero) is 1. The molecule has 6 heteroatoms. The highest BCUT2D eigenvalue weighted by Gasteiger charge is 2.64. The molecule has 208 valence electrons. The standard InChI is InChI=1S/C32H45NO5/c1-20-16-27(2,3)11-13-32(20,26(36)38-8)14-12-28(4)18-22(34)15-24-29(5)17-21(19-33)25(35)31(7,37)23(29)9-10-30(24,28)6/h15,17,20,23,37H,9-14,16,18H2,1-8H3/t20?,23-,28-,29+,30-,31-,32+/m1/s1. The Morgan fingerprint density at radius 1 is 1.11 bits per heavy atom. The predicted octanol–water partition coefficient (Wildman–Crippen LogP) is 5.88. The zero-order valence-electron chi connectivity index (χ0n) is 24.5. The summed E-state index contributed by atoms with van der Waals surface area (Å²) in [5.41, 5.74) is -2.83. The summed E-state index contributed by atoms with van der Waals surface area (Å²) in [5, 5.41) is 21.1. The van der Waals surface area contributed by atoms with Crippen molar-refractivity contribution < 1.29 is 24.2 Å². The number of hydrogen-bond donors (Lipinski definition) is 1. The zero-order chi connectivity index (χ0) is 28.5. The summed E-state index contributed by atoms with van der Waals surface area (Å²) >= 11 is 0. The molecular formula is C32H45NO5. The molecule has 0 spiro atoms. The van der Waals surface area contributed by atoms with E-state index in [2.05, 4.69) is 34.6 Å². The van der Waals surface area contributed by atoms with Crippen molar-refractivity contribution in [2.75, 3.05) is 7.11 Å². The van der Waals surface area contributed by atoms with Crippen LogP contribution < -0.4 is 0 Å². The van der Waals surface area contributed by atoms with Gasteiger partial charge in [-0.1, -0.05) is 53.2 Å². The van der Waals surface area contributed by atoms with Gasteiger partial charge in [-0.2, -0.15) is 5.26 Å². The van der Waals surface area contributed by atoms with Crippen LogP contribution in [-0.4, -0.2) is 35.4 Å². The molecule has 0 aromatic carbocycles. The molecule has 0 aromatic heterocycles. The number of carbonyl (C=O) groups is 3. The maximum atomic E-state index is 13.4. The van der Waals surface area contributed by atoms with Crippen LogP contribution in [0.4, 0.5) is 0 Å². The Kier molecular flexibility index (Phi) is 6.72. The summed E-state index contributed by atoms with van der Waals surface area (Å²) in [7, 11) is 1.47. The number of ketones is 2. The largest absolute Gasteiger partial charge is 0.469 e. The third kappa shape index (κ3) is 3.95. The number of carbonyl (C=O) groups excluding carboxylic acids is 3. The number of hydrogen-bond acceptors (Lipinski definition) is 6. The minimum absolute atomic E-state index is 0.0234. The first-order valence-electron chi connectivity index (χ1n) is 14.2. The molecule has 2 saturated carbocycles. The molecule has 1 N–H and O–H groups in total. The fourth-order valence-electron chi connectivity index (χ4n) is 9.08. The summed E-state index contributed by atoms with van der Waals surface area (Å²) in [5.74, 6) is -0.915. The summed E-state index contributed by atoms with van der Waals surface area (Å²) in [6.07, 6.45) is 9.17. The van der Waals surface area contributed by atoms with E-state index in [4.69, 9.17) is 4.74 Å². The fourth-order valence-corrected chi connectivity index (χ4v) is 9.08. The van der Waals surface area contributed by atoms with Gasteiger partial charge in [0, 0.05) is 17.8 Å². The molecule has 1 unspecified atom stereocenters. The quantitative estimate of drug-likeness (QED) is 0.461. The minimum atomic E-state index is -1.67. The van der Waals surface area contributed by atoms with Crippen LogP contribution in [0.1, 0.15) is 99.8 Å². The molecule has 6 nitrogen and oxygen atoms in total. The molecule has 0 amide bonds. The van der Waals surface area contributed by atoms with Crippen LogP contribution in [0.15, 0.2) is 23.3 Å². The number of nitriles is 1. The second-order valence-electron chi connectivity index (χ2n) is 14.5. The predicted molar refractivity (Wildman–Crippen MR) is 145 cm³/mol. The monoisotopic (exact) mass is 523 g/mol. The first kappa shape index (κ1) is 28.7. The molecule has 0 aliphatic heterocycles. The highest BCUT2D eigenvalue weighted by Crippen LogP contribution is 2.68. The van der Waals surface area contributed by atoms with Crippen LogP contribution in [-0.2, 0) is 19.1 Å². The van der Waals surface area contributed by atoms with Crippen molar-refractivity contribution in [2.24, 2.45) is 38.9 Å². The summed E-state index contributed by atoms with van der Waals surface area (Å²) in [4.78, 5) is 39.6. The number of fused-ring (bicyclic) bond motifs is 3. The van der Waals surface area contributed by atoms with Crippen molar-refractivity contribution in [3.05, 3.63) is 23.3 Å². The molecule has 0 radical (unpaired) electrons. The Bertz CT molecular complexity index is 1170. The second-order valence-corrected chi connectivity index (χ2v) is 14.5. The lowest BCUT2D eigenvalue weighted by Crippen LogP contribution is -2.61. The number of allylic oxidation sites excluding steroid dienone is 3. The van der Waals surface area contributed by atoms with Crippen molar-refractivity contribution in [2.45, 2.75) is 105 Å². The third-order valence-electron chi connectivity index (χ3n) is 11.7. The van der Waals surface area contributed by atoms with E-state index in [0.717, 1.165) is 31.3 Å². The van der Waals surface area contributed by atoms with E-state index in [1.54, 1.807) is 12.2 Å². The van der Waals surface area contributed by atoms with E-state index in [1.165, 1.54) is 14.0 Å². The second kappa shape index (κ2) is 8.88. The van der Waals surface area contributed by atoms with Crippen LogP contribution in [0.3, 0.4) is 0 Å². The molecule has 0 saturated heterocycles. The SMILES string of the molecule is COC(=O)[C@]1(CC[C@]2(C)CC(=O)C=C3[C@@]4(C)C=C(C#N)C(=O)[C@](C)(O)[C@@H]4CC[C@]32C)CCC(C)(C)CC1C. The van der Waals surface area contributed by atoms with Crippen LogP contribution >= 0.6 is 0 Å². The van der Waals surface area contributed by atoms with Gasteiger partial charge in [-0.3, -0.25) is 14.4 Å². The third-order valence-corrected chi connectivity index (χ3v) is 11.7. The molecule has 0 aromatic rings. The number of esters is 1. The lowest BCUT2D eigenvalue weighted by Gasteiger charge is -2.62. The number of methoxy groups -OCH3 is 1. The molecule has 38 heavy (non-hydrogen) atoms. The summed E-state index contributed by atoms with van der Waals surface area (Å²) < 4.78 is 5.39. The Morgan fingerprint density at radius 2 is 1.76 bits per heavy atom. The normalized spacial score (nSPS) is 44.2. The summed E-state index contributed by atoms with van der Waals surface area (Å²) in [6, 6.07) is 2.00. The van der Waals surface area contributed by atoms with E-state index in [-0.39, 0.29) is 28.7 Å². The van der Waals surface area contributed by atoms with Gasteiger partial charge in [0.05, 0.1) is 18.1 Å². The Hall–Kier alpha value is -2.26. The van der Waals surface area contributed by atoms with Crippen molar-refractivity contribution >= 4 is 17.5 Å². The molecule has 0 bridgehead atoms. The van der Waals surface area contributed by atoms with Gasteiger partial charge in [-0.15, -0.1) is 0 Å². The van der Waals surface area contributed by atoms with Crippen molar-refractivity contribution in [1.29, 1.82) is 5.26 Å². The van der Waals surface area contributed by atoms with Crippen molar-refractivity contribution in [1.82, 2.24) is 0 Å². The van der Waals surface area contributed by atoms with Crippen LogP contribution in [0, 0.1) is 50.2 Å². The van der Waals surface area contributed by atoms with Crippen LogP contribution in [0.25, 0.3) is 0 Å². The Labute approximate surface area is 227 Å². The smallest absolute Gasteiger partial charge is 0.312 e. The highest BCUT2D eigenvalue weighted by molar-refractivity contribution is 6.06. The number of rotatable bonds is 4. The molecule has 2 fully saturated rings. The van der Waals surface area contributed by atoms with Gasteiger partial charge in [-0.05, 0) is 80.1 Å². The first-order valence-corrected chi connectivity index (χ1v) is 14.2. The maximum Gasteiger partial charge on any atom is 0.312 e. The maximum absolute atomic E-state index is 13.4. The topological polar surface area (TPSA) is 104 Å². The molecular weight excluding hydrogens is 478 g/mol. The zero-order valence-corrected chi connectivity index (χ0v) is 24.5. The number of aliphatic hydroxyl groups is 1. The number of nitrogens with zero attached hydrogens (tertiary/aromatic N) is 1. The lowest BCUT2D eigenvalue weighted by atomic mass is 9.41. The van der Waals surface area contributed by atoms with Gasteiger partial charge in [0.2, 0.25) is 5.78 Å². The lowest BCUT2D eigenvalue weighted by molar-refractivity contribution is -0.163. The molecule has 4 aliphatic rings. The van der Waals surface area contributed by atoms with Gasteiger partial charge < -0.3 is 9.84 Å². The van der Waals surface area contributed by atoms with Gasteiger partial charge in [-0.25, -0.2) is 0 Å². The average Bonchev–Trinajstić information content (AvgIpc) is 2.82. The summed E-state index contributed by atoms with van der Waals surface area (Å²) in [6.45, 7) is 14.6. The number of ether oxygens (including phenoxy) is 1. The van der Waals surface area contributed by atoms with Crippen LogP contribution in [0.5, 0.6) is 0 Å². The van der Waals surface area contributed by atoms with E-state index in [0.29, 0.717) is 25.7 Å². The Morgan fingerprint density at radius 3 is 2.34 bits per heavy atom. The van der Waals surface area contributed by atoms with Gasteiger partial charge in [0.25, 0.3) is 0 Å². The van der Waals surface area contributed by atoms with E-state index >= 15 is 0 Å². The van der Waals surface area contributed by atoms with Crippen molar-refractivity contribution in [3.63, 3.8) is 0 Å². The van der Waals surface area contributed by atoms with Gasteiger partial charge >= 0.3 is 5.97 Å². The van der Waals surface area contributed by atoms with E-state index < -0.39 is 39.0 Å². The average molecular weight is 524 g/mol. The first-order chi connectivity index (χ1) is 17.4. The molecule has 0 heterocycles. The van der Waals surface area contributed by atoms with Gasteiger partial charge in [0.15, 0.2) is 5.78 Å². The van der Waals surface area contributed by atoms with E-state index in [9.17, 15) is 24.8 Å². The Balaban J connectivity index is 1.75. The van der Waals surface area contributed by atoms with Gasteiger partial charge in [0.1, 0.15) is 11.7 Å². The molecule has 4 rings (SSSR count). The van der Waals surface area contributed by atoms with E-state index in [1.807, 2.05) is 13.0 Å². The van der Waals surface area contributed by atoms with Crippen LogP contribution in [0.2, 0.25) is 0 Å². The minimum Gasteiger partial charge on any atom is -0.469 e. The molecule has 7 atom stereocenters. The highest BCUT2D eigenvalue weighted by atomic mass is 16.5. The van der Waals surface area contributed by atoms with Crippen molar-refractivity contribution in [3.8, 4) is 6.07 Å². The fraction of sp³-hybridized carbons (Fsp3) is 0.750.